The molecule has 0 bridgehead atoms. The van der Waals surface area contributed by atoms with Crippen molar-refractivity contribution in [1.29, 1.82) is 0 Å². The number of nitrogen functional groups attached to an aromatic ring is 1. The number of aromatic nitrogens is 1. The molecule has 1 aromatic rings. The Hall–Kier alpha value is -1.58. The van der Waals surface area contributed by atoms with E-state index < -0.39 is 0 Å². The SMILES string of the molecule is Cc1nc(N)ccc1C1CCCN1C=O. The van der Waals surface area contributed by atoms with Crippen LogP contribution in [0.2, 0.25) is 0 Å². The summed E-state index contributed by atoms with van der Waals surface area (Å²) in [6.07, 6.45) is 3.01. The molecule has 0 radical (unpaired) electrons. The van der Waals surface area contributed by atoms with Gasteiger partial charge in [-0.3, -0.25) is 4.79 Å². The van der Waals surface area contributed by atoms with Gasteiger partial charge in [-0.2, -0.15) is 0 Å². The van der Waals surface area contributed by atoms with Crippen LogP contribution in [0, 0.1) is 6.92 Å². The van der Waals surface area contributed by atoms with Crippen LogP contribution in [-0.2, 0) is 4.79 Å². The number of anilines is 1. The number of rotatable bonds is 2. The van der Waals surface area contributed by atoms with E-state index >= 15 is 0 Å². The molecule has 1 aromatic heterocycles. The maximum Gasteiger partial charge on any atom is 0.210 e. The predicted octanol–water partition coefficient (Wildman–Crippen LogP) is 1.27. The van der Waals surface area contributed by atoms with Crippen molar-refractivity contribution in [3.63, 3.8) is 0 Å². The van der Waals surface area contributed by atoms with Crippen LogP contribution in [-0.4, -0.2) is 22.8 Å². The third kappa shape index (κ3) is 1.79. The van der Waals surface area contributed by atoms with Crippen LogP contribution in [0.5, 0.6) is 0 Å². The van der Waals surface area contributed by atoms with Crippen molar-refractivity contribution in [2.24, 2.45) is 0 Å². The second kappa shape index (κ2) is 3.88. The number of likely N-dealkylation sites (tertiary alicyclic amines) is 1. The van der Waals surface area contributed by atoms with Gasteiger partial charge in [-0.15, -0.1) is 0 Å². The first-order valence-electron chi connectivity index (χ1n) is 5.16. The van der Waals surface area contributed by atoms with E-state index in [1.54, 1.807) is 6.07 Å². The summed E-state index contributed by atoms with van der Waals surface area (Å²) in [5.74, 6) is 0.534. The molecule has 4 nitrogen and oxygen atoms in total. The third-order valence-corrected chi connectivity index (χ3v) is 2.94. The molecule has 0 aromatic carbocycles. The van der Waals surface area contributed by atoms with Gasteiger partial charge in [0, 0.05) is 12.2 Å². The largest absolute Gasteiger partial charge is 0.384 e. The number of carbonyl (C=O) groups excluding carboxylic acids is 1. The number of aryl methyl sites for hydroxylation is 1. The summed E-state index contributed by atoms with van der Waals surface area (Å²) in [7, 11) is 0. The van der Waals surface area contributed by atoms with E-state index in [1.165, 1.54) is 0 Å². The molecule has 15 heavy (non-hydrogen) atoms. The molecule has 0 aliphatic carbocycles. The first kappa shape index (κ1) is 9.96. The van der Waals surface area contributed by atoms with Crippen LogP contribution in [0.3, 0.4) is 0 Å². The molecule has 1 saturated heterocycles. The smallest absolute Gasteiger partial charge is 0.210 e. The monoisotopic (exact) mass is 205 g/mol. The zero-order valence-corrected chi connectivity index (χ0v) is 8.81. The Morgan fingerprint density at radius 3 is 3.07 bits per heavy atom. The lowest BCUT2D eigenvalue weighted by Crippen LogP contribution is -2.22. The number of nitrogens with zero attached hydrogens (tertiary/aromatic N) is 2. The molecule has 2 heterocycles. The van der Waals surface area contributed by atoms with Crippen molar-refractivity contribution >= 4 is 12.2 Å². The highest BCUT2D eigenvalue weighted by atomic mass is 16.1. The Morgan fingerprint density at radius 2 is 2.40 bits per heavy atom. The van der Waals surface area contributed by atoms with Crippen LogP contribution in [0.25, 0.3) is 0 Å². The molecule has 80 valence electrons. The molecule has 1 aliphatic heterocycles. The van der Waals surface area contributed by atoms with Gasteiger partial charge in [-0.1, -0.05) is 6.07 Å². The van der Waals surface area contributed by atoms with Gasteiger partial charge in [-0.25, -0.2) is 4.98 Å². The molecule has 2 N–H and O–H groups in total. The van der Waals surface area contributed by atoms with E-state index in [2.05, 4.69) is 4.98 Å². The van der Waals surface area contributed by atoms with Gasteiger partial charge in [0.05, 0.1) is 6.04 Å². The summed E-state index contributed by atoms with van der Waals surface area (Å²) < 4.78 is 0. The van der Waals surface area contributed by atoms with Gasteiger partial charge in [0.15, 0.2) is 0 Å². The molecule has 1 amide bonds. The highest BCUT2D eigenvalue weighted by Gasteiger charge is 2.25. The number of pyridine rings is 1. The molecule has 1 unspecified atom stereocenters. The van der Waals surface area contributed by atoms with Gasteiger partial charge in [0.25, 0.3) is 0 Å². The minimum atomic E-state index is 0.190. The Balaban J connectivity index is 2.32. The highest BCUT2D eigenvalue weighted by molar-refractivity contribution is 5.50. The van der Waals surface area contributed by atoms with Crippen LogP contribution >= 0.6 is 0 Å². The summed E-state index contributed by atoms with van der Waals surface area (Å²) in [6.45, 7) is 2.78. The van der Waals surface area contributed by atoms with Crippen molar-refractivity contribution < 1.29 is 4.79 Å². The van der Waals surface area contributed by atoms with E-state index in [4.69, 9.17) is 5.73 Å². The van der Waals surface area contributed by atoms with Crippen molar-refractivity contribution in [3.05, 3.63) is 23.4 Å². The van der Waals surface area contributed by atoms with Crippen molar-refractivity contribution in [1.82, 2.24) is 9.88 Å². The summed E-state index contributed by atoms with van der Waals surface area (Å²) in [6, 6.07) is 3.96. The molecule has 1 fully saturated rings. The summed E-state index contributed by atoms with van der Waals surface area (Å²) >= 11 is 0. The van der Waals surface area contributed by atoms with Crippen LogP contribution < -0.4 is 5.73 Å². The molecule has 0 spiro atoms. The molecule has 0 saturated carbocycles. The van der Waals surface area contributed by atoms with Crippen LogP contribution in [0.15, 0.2) is 12.1 Å². The van der Waals surface area contributed by atoms with Crippen molar-refractivity contribution in [3.8, 4) is 0 Å². The lowest BCUT2D eigenvalue weighted by Gasteiger charge is -2.21. The second-order valence-corrected chi connectivity index (χ2v) is 3.91. The standard InChI is InChI=1S/C11H15N3O/c1-8-9(4-5-11(12)13-8)10-3-2-6-14(10)7-15/h4-5,7,10H,2-3,6H2,1H3,(H2,12,13). The third-order valence-electron chi connectivity index (χ3n) is 2.94. The van der Waals surface area contributed by atoms with E-state index in [0.29, 0.717) is 5.82 Å². The summed E-state index contributed by atoms with van der Waals surface area (Å²) in [5.41, 5.74) is 7.64. The first-order chi connectivity index (χ1) is 7.22. The number of hydrogen-bond donors (Lipinski definition) is 1. The predicted molar refractivity (Wildman–Crippen MR) is 58.1 cm³/mol. The lowest BCUT2D eigenvalue weighted by atomic mass is 10.0. The Kier molecular flexibility index (Phi) is 2.58. The van der Waals surface area contributed by atoms with E-state index in [1.807, 2.05) is 17.9 Å². The highest BCUT2D eigenvalue weighted by Crippen LogP contribution is 2.31. The first-order valence-corrected chi connectivity index (χ1v) is 5.16. The lowest BCUT2D eigenvalue weighted by molar-refractivity contribution is -0.118. The topological polar surface area (TPSA) is 59.2 Å². The Labute approximate surface area is 89.1 Å². The fourth-order valence-corrected chi connectivity index (χ4v) is 2.19. The van der Waals surface area contributed by atoms with Gasteiger partial charge in [-0.05, 0) is 31.4 Å². The summed E-state index contributed by atoms with van der Waals surface area (Å²) in [4.78, 5) is 16.9. The molecule has 2 rings (SSSR count). The number of hydrogen-bond acceptors (Lipinski definition) is 3. The summed E-state index contributed by atoms with van der Waals surface area (Å²) in [5, 5.41) is 0. The zero-order valence-electron chi connectivity index (χ0n) is 8.81. The Morgan fingerprint density at radius 1 is 1.60 bits per heavy atom. The minimum absolute atomic E-state index is 0.190. The van der Waals surface area contributed by atoms with Gasteiger partial charge >= 0.3 is 0 Å². The average molecular weight is 205 g/mol. The molecular weight excluding hydrogens is 190 g/mol. The van der Waals surface area contributed by atoms with E-state index in [-0.39, 0.29) is 6.04 Å². The number of nitrogens with two attached hydrogens (primary N) is 1. The number of carbonyl (C=O) groups is 1. The van der Waals surface area contributed by atoms with Gasteiger partial charge in [0.1, 0.15) is 5.82 Å². The van der Waals surface area contributed by atoms with Crippen LogP contribution in [0.1, 0.15) is 30.1 Å². The quantitative estimate of drug-likeness (QED) is 0.739. The molecule has 1 atom stereocenters. The fourth-order valence-electron chi connectivity index (χ4n) is 2.19. The zero-order chi connectivity index (χ0) is 10.8. The molecular formula is C11H15N3O. The number of amides is 1. The Bertz CT molecular complexity index is 378. The molecule has 4 heteroatoms. The van der Waals surface area contributed by atoms with Gasteiger partial charge < -0.3 is 10.6 Å². The van der Waals surface area contributed by atoms with Crippen LogP contribution in [0.4, 0.5) is 5.82 Å². The van der Waals surface area contributed by atoms with Crippen molar-refractivity contribution in [2.75, 3.05) is 12.3 Å². The second-order valence-electron chi connectivity index (χ2n) is 3.91. The fraction of sp³-hybridized carbons (Fsp3) is 0.455. The normalized spacial score (nSPS) is 20.6. The average Bonchev–Trinajstić information content (AvgIpc) is 2.65. The maximum absolute atomic E-state index is 10.8. The van der Waals surface area contributed by atoms with Gasteiger partial charge in [0.2, 0.25) is 6.41 Å². The van der Waals surface area contributed by atoms with Crippen molar-refractivity contribution in [2.45, 2.75) is 25.8 Å². The van der Waals surface area contributed by atoms with E-state index in [0.717, 1.165) is 37.1 Å². The molecule has 1 aliphatic rings. The van der Waals surface area contributed by atoms with E-state index in [9.17, 15) is 4.79 Å². The maximum atomic E-state index is 10.8. The minimum Gasteiger partial charge on any atom is -0.384 e.